The quantitative estimate of drug-likeness (QED) is 0.705. The molecular weight excluding hydrogens is 258 g/mol. The van der Waals surface area contributed by atoms with Crippen molar-refractivity contribution in [1.29, 1.82) is 0 Å². The summed E-state index contributed by atoms with van der Waals surface area (Å²) in [4.78, 5) is 2.39. The van der Waals surface area contributed by atoms with Crippen LogP contribution in [0.3, 0.4) is 0 Å². The summed E-state index contributed by atoms with van der Waals surface area (Å²) in [6.07, 6.45) is 5.43. The maximum absolute atomic E-state index is 4.16. The molecule has 1 aromatic rings. The molecule has 0 saturated carbocycles. The minimum atomic E-state index is 0.622. The highest BCUT2D eigenvalue weighted by Gasteiger charge is 2.09. The van der Waals surface area contributed by atoms with Crippen LogP contribution in [0.15, 0.2) is 6.20 Å². The van der Waals surface area contributed by atoms with Gasteiger partial charge in [0.25, 0.3) is 0 Å². The maximum Gasteiger partial charge on any atom is 0.0964 e. The second-order valence-corrected chi connectivity index (χ2v) is 5.85. The molecule has 1 N–H and O–H groups in total. The van der Waals surface area contributed by atoms with Gasteiger partial charge in [-0.25, -0.2) is 0 Å². The van der Waals surface area contributed by atoms with Gasteiger partial charge in [0.15, 0.2) is 0 Å². The largest absolute Gasteiger partial charge is 0.311 e. The monoisotopic (exact) mass is 285 g/mol. The van der Waals surface area contributed by atoms with Gasteiger partial charge in [0.1, 0.15) is 0 Å². The average molecular weight is 285 g/mol. The van der Waals surface area contributed by atoms with Crippen LogP contribution in [-0.4, -0.2) is 58.1 Å². The SMILES string of the molecule is CCNCc1cn(CCN(C)C(C)CCSC)nn1. The van der Waals surface area contributed by atoms with Crippen molar-refractivity contribution in [2.75, 3.05) is 32.1 Å². The summed E-state index contributed by atoms with van der Waals surface area (Å²) in [6.45, 7) is 8.06. The zero-order valence-electron chi connectivity index (χ0n) is 12.6. The fraction of sp³-hybridized carbons (Fsp3) is 0.846. The van der Waals surface area contributed by atoms with Crippen LogP contribution in [0.5, 0.6) is 0 Å². The minimum Gasteiger partial charge on any atom is -0.311 e. The van der Waals surface area contributed by atoms with Crippen molar-refractivity contribution in [2.24, 2.45) is 0 Å². The highest BCUT2D eigenvalue weighted by molar-refractivity contribution is 7.98. The number of thioether (sulfide) groups is 1. The first kappa shape index (κ1) is 16.5. The summed E-state index contributed by atoms with van der Waals surface area (Å²) >= 11 is 1.91. The summed E-state index contributed by atoms with van der Waals surface area (Å²) in [7, 11) is 2.18. The molecule has 0 aliphatic carbocycles. The highest BCUT2D eigenvalue weighted by atomic mass is 32.2. The Morgan fingerprint density at radius 2 is 2.32 bits per heavy atom. The lowest BCUT2D eigenvalue weighted by Crippen LogP contribution is -2.32. The molecular formula is C13H27N5S. The number of nitrogens with zero attached hydrogens (tertiary/aromatic N) is 4. The fourth-order valence-electron chi connectivity index (χ4n) is 1.77. The Morgan fingerprint density at radius 1 is 1.53 bits per heavy atom. The summed E-state index contributed by atoms with van der Waals surface area (Å²) in [5, 5.41) is 11.6. The second kappa shape index (κ2) is 9.34. The van der Waals surface area contributed by atoms with Gasteiger partial charge in [-0.15, -0.1) is 5.10 Å². The fourth-order valence-corrected chi connectivity index (χ4v) is 2.35. The lowest BCUT2D eigenvalue weighted by atomic mass is 10.2. The smallest absolute Gasteiger partial charge is 0.0964 e. The van der Waals surface area contributed by atoms with Crippen LogP contribution in [0.25, 0.3) is 0 Å². The molecule has 0 amide bonds. The van der Waals surface area contributed by atoms with Crippen LogP contribution < -0.4 is 5.32 Å². The topological polar surface area (TPSA) is 46.0 Å². The Bertz CT molecular complexity index is 342. The van der Waals surface area contributed by atoms with Crippen molar-refractivity contribution < 1.29 is 0 Å². The van der Waals surface area contributed by atoms with Gasteiger partial charge in [0.05, 0.1) is 12.2 Å². The first-order valence-corrected chi connectivity index (χ1v) is 8.35. The summed E-state index contributed by atoms with van der Waals surface area (Å²) in [5.41, 5.74) is 1.01. The van der Waals surface area contributed by atoms with Gasteiger partial charge in [-0.3, -0.25) is 4.68 Å². The molecule has 0 bridgehead atoms. The zero-order valence-corrected chi connectivity index (χ0v) is 13.4. The van der Waals surface area contributed by atoms with Crippen molar-refractivity contribution >= 4 is 11.8 Å². The second-order valence-electron chi connectivity index (χ2n) is 4.86. The molecule has 0 spiro atoms. The van der Waals surface area contributed by atoms with Gasteiger partial charge >= 0.3 is 0 Å². The van der Waals surface area contributed by atoms with Gasteiger partial charge < -0.3 is 10.2 Å². The van der Waals surface area contributed by atoms with Crippen LogP contribution >= 0.6 is 11.8 Å². The Labute approximate surface area is 121 Å². The van der Waals surface area contributed by atoms with Crippen molar-refractivity contribution in [3.8, 4) is 0 Å². The van der Waals surface area contributed by atoms with Crippen molar-refractivity contribution in [2.45, 2.75) is 39.4 Å². The predicted molar refractivity (Wildman–Crippen MR) is 82.5 cm³/mol. The lowest BCUT2D eigenvalue weighted by Gasteiger charge is -2.24. The van der Waals surface area contributed by atoms with Crippen molar-refractivity contribution in [3.05, 3.63) is 11.9 Å². The normalized spacial score (nSPS) is 13.1. The van der Waals surface area contributed by atoms with Gasteiger partial charge in [-0.1, -0.05) is 12.1 Å². The van der Waals surface area contributed by atoms with Crippen molar-refractivity contribution in [3.63, 3.8) is 0 Å². The van der Waals surface area contributed by atoms with E-state index in [1.165, 1.54) is 12.2 Å². The molecule has 1 atom stereocenters. The predicted octanol–water partition coefficient (Wildman–Crippen LogP) is 1.46. The molecule has 5 nitrogen and oxygen atoms in total. The number of aromatic nitrogens is 3. The molecule has 19 heavy (non-hydrogen) atoms. The van der Waals surface area contributed by atoms with Crippen LogP contribution in [0, 0.1) is 0 Å². The average Bonchev–Trinajstić information content (AvgIpc) is 2.87. The van der Waals surface area contributed by atoms with E-state index in [9.17, 15) is 0 Å². The van der Waals surface area contributed by atoms with Gasteiger partial charge in [-0.2, -0.15) is 11.8 Å². The molecule has 0 aliphatic rings. The van der Waals surface area contributed by atoms with Gasteiger partial charge in [0, 0.05) is 25.3 Å². The standard InChI is InChI=1S/C13H27N5S/c1-5-14-10-13-11-18(16-15-13)8-7-17(3)12(2)6-9-19-4/h11-12,14H,5-10H2,1-4H3. The lowest BCUT2D eigenvalue weighted by molar-refractivity contribution is 0.239. The van der Waals surface area contributed by atoms with E-state index in [0.717, 1.165) is 31.9 Å². The molecule has 0 radical (unpaired) electrons. The molecule has 110 valence electrons. The number of likely N-dealkylation sites (N-methyl/N-ethyl adjacent to an activating group) is 1. The van der Waals surface area contributed by atoms with E-state index < -0.39 is 0 Å². The van der Waals surface area contributed by atoms with Crippen LogP contribution in [0.2, 0.25) is 0 Å². The Kier molecular flexibility index (Phi) is 8.09. The molecule has 1 rings (SSSR count). The Morgan fingerprint density at radius 3 is 3.00 bits per heavy atom. The summed E-state index contributed by atoms with van der Waals surface area (Å²) < 4.78 is 1.93. The van der Waals surface area contributed by atoms with E-state index in [1.54, 1.807) is 0 Å². The number of nitrogens with one attached hydrogen (secondary N) is 1. The first-order valence-electron chi connectivity index (χ1n) is 6.96. The zero-order chi connectivity index (χ0) is 14.1. The van der Waals surface area contributed by atoms with E-state index in [-0.39, 0.29) is 0 Å². The van der Waals surface area contributed by atoms with Gasteiger partial charge in [0.2, 0.25) is 0 Å². The molecule has 6 heteroatoms. The molecule has 0 aromatic carbocycles. The molecule has 0 fully saturated rings. The van der Waals surface area contributed by atoms with E-state index in [2.05, 4.69) is 47.7 Å². The summed E-state index contributed by atoms with van der Waals surface area (Å²) in [6, 6.07) is 0.622. The molecule has 0 saturated heterocycles. The van der Waals surface area contributed by atoms with Crippen LogP contribution in [0.4, 0.5) is 0 Å². The highest BCUT2D eigenvalue weighted by Crippen LogP contribution is 2.06. The third-order valence-electron chi connectivity index (χ3n) is 3.32. The molecule has 1 unspecified atom stereocenters. The van der Waals surface area contributed by atoms with E-state index in [0.29, 0.717) is 6.04 Å². The van der Waals surface area contributed by atoms with Crippen molar-refractivity contribution in [1.82, 2.24) is 25.2 Å². The third-order valence-corrected chi connectivity index (χ3v) is 3.96. The van der Waals surface area contributed by atoms with Crippen LogP contribution in [0.1, 0.15) is 26.0 Å². The van der Waals surface area contributed by atoms with E-state index in [4.69, 9.17) is 0 Å². The first-order chi connectivity index (χ1) is 9.17. The van der Waals surface area contributed by atoms with Gasteiger partial charge in [-0.05, 0) is 38.9 Å². The molecule has 0 aliphatic heterocycles. The Balaban J connectivity index is 2.29. The molecule has 1 heterocycles. The summed E-state index contributed by atoms with van der Waals surface area (Å²) in [5.74, 6) is 1.22. The minimum absolute atomic E-state index is 0.622. The number of hydrogen-bond donors (Lipinski definition) is 1. The van der Waals surface area contributed by atoms with E-state index >= 15 is 0 Å². The van der Waals surface area contributed by atoms with E-state index in [1.807, 2.05) is 22.6 Å². The Hall–Kier alpha value is -0.590. The third kappa shape index (κ3) is 6.40. The molecule has 1 aromatic heterocycles. The number of rotatable bonds is 10. The maximum atomic E-state index is 4.16. The van der Waals surface area contributed by atoms with Crippen LogP contribution in [-0.2, 0) is 13.1 Å². The number of hydrogen-bond acceptors (Lipinski definition) is 5.